The summed E-state index contributed by atoms with van der Waals surface area (Å²) in [6, 6.07) is 1.51. The van der Waals surface area contributed by atoms with Crippen molar-refractivity contribution in [1.82, 2.24) is 0 Å². The molecule has 0 aliphatic carbocycles. The fraction of sp³-hybridized carbons (Fsp3) is 0.273. The van der Waals surface area contributed by atoms with E-state index in [2.05, 4.69) is 9.98 Å². The molecule has 0 saturated carbocycles. The van der Waals surface area contributed by atoms with Crippen molar-refractivity contribution < 1.29 is 4.79 Å². The SMILES string of the molecule is C/C(=C\C(=O)C#N)N=CC1C=NC=CC1. The second-order valence-electron chi connectivity index (χ2n) is 3.12. The first-order valence-corrected chi connectivity index (χ1v) is 4.57. The third-order valence-electron chi connectivity index (χ3n) is 1.80. The maximum Gasteiger partial charge on any atom is 0.256 e. The topological polar surface area (TPSA) is 65.6 Å². The molecule has 4 heteroatoms. The van der Waals surface area contributed by atoms with Crippen LogP contribution in [0.15, 0.2) is 34.0 Å². The van der Waals surface area contributed by atoms with Crippen molar-refractivity contribution in [2.45, 2.75) is 13.3 Å². The fourth-order valence-electron chi connectivity index (χ4n) is 1.07. The zero-order valence-electron chi connectivity index (χ0n) is 8.42. The van der Waals surface area contributed by atoms with E-state index in [4.69, 9.17) is 5.26 Å². The van der Waals surface area contributed by atoms with Crippen molar-refractivity contribution in [1.29, 1.82) is 5.26 Å². The Labute approximate surface area is 88.3 Å². The third-order valence-corrected chi connectivity index (χ3v) is 1.80. The van der Waals surface area contributed by atoms with Gasteiger partial charge < -0.3 is 0 Å². The van der Waals surface area contributed by atoms with Crippen LogP contribution in [0.3, 0.4) is 0 Å². The summed E-state index contributed by atoms with van der Waals surface area (Å²) >= 11 is 0. The second-order valence-corrected chi connectivity index (χ2v) is 3.12. The minimum absolute atomic E-state index is 0.176. The van der Waals surface area contributed by atoms with E-state index < -0.39 is 5.78 Å². The van der Waals surface area contributed by atoms with Crippen molar-refractivity contribution in [2.24, 2.45) is 15.9 Å². The molecule has 1 atom stereocenters. The number of nitrogens with zero attached hydrogens (tertiary/aromatic N) is 3. The highest BCUT2D eigenvalue weighted by atomic mass is 16.1. The Bertz CT molecular complexity index is 397. The highest BCUT2D eigenvalue weighted by Gasteiger charge is 2.02. The molecule has 0 N–H and O–H groups in total. The Kier molecular flexibility index (Phi) is 4.17. The first kappa shape index (κ1) is 11.1. The molecule has 1 aliphatic heterocycles. The monoisotopic (exact) mass is 201 g/mol. The number of nitriles is 1. The summed E-state index contributed by atoms with van der Waals surface area (Å²) in [7, 11) is 0. The third kappa shape index (κ3) is 4.14. The zero-order valence-corrected chi connectivity index (χ0v) is 8.42. The first-order valence-electron chi connectivity index (χ1n) is 4.57. The number of allylic oxidation sites excluding steroid dienone is 3. The number of carbonyl (C=O) groups is 1. The van der Waals surface area contributed by atoms with Gasteiger partial charge in [-0.05, 0) is 13.3 Å². The van der Waals surface area contributed by atoms with Gasteiger partial charge in [-0.1, -0.05) is 6.08 Å². The highest BCUT2D eigenvalue weighted by Crippen LogP contribution is 2.05. The van der Waals surface area contributed by atoms with Crippen molar-refractivity contribution in [2.75, 3.05) is 0 Å². The van der Waals surface area contributed by atoms with Crippen LogP contribution in [-0.4, -0.2) is 18.2 Å². The van der Waals surface area contributed by atoms with E-state index in [-0.39, 0.29) is 5.92 Å². The molecule has 0 amide bonds. The van der Waals surface area contributed by atoms with Crippen molar-refractivity contribution >= 4 is 18.2 Å². The average Bonchev–Trinajstić information content (AvgIpc) is 2.27. The molecular formula is C11H11N3O. The highest BCUT2D eigenvalue weighted by molar-refractivity contribution is 6.02. The summed E-state index contributed by atoms with van der Waals surface area (Å²) in [5.41, 5.74) is 0.532. The van der Waals surface area contributed by atoms with Crippen LogP contribution in [0.25, 0.3) is 0 Å². The molecular weight excluding hydrogens is 190 g/mol. The van der Waals surface area contributed by atoms with Gasteiger partial charge in [-0.3, -0.25) is 14.8 Å². The summed E-state index contributed by atoms with van der Waals surface area (Å²) in [4.78, 5) is 18.8. The summed E-state index contributed by atoms with van der Waals surface area (Å²) in [6.07, 6.45) is 9.30. The Balaban J connectivity index is 2.54. The molecule has 4 nitrogen and oxygen atoms in total. The number of hydrogen-bond acceptors (Lipinski definition) is 4. The largest absolute Gasteiger partial charge is 0.278 e. The molecule has 1 rings (SSSR count). The zero-order chi connectivity index (χ0) is 11.1. The summed E-state index contributed by atoms with van der Waals surface area (Å²) in [5, 5.41) is 8.27. The van der Waals surface area contributed by atoms with Crippen molar-refractivity contribution in [3.8, 4) is 6.07 Å². The number of rotatable bonds is 3. The molecule has 0 aromatic rings. The van der Waals surface area contributed by atoms with Gasteiger partial charge in [-0.2, -0.15) is 5.26 Å². The maximum absolute atomic E-state index is 10.7. The van der Waals surface area contributed by atoms with Gasteiger partial charge in [-0.15, -0.1) is 0 Å². The normalized spacial score (nSPS) is 20.5. The number of aliphatic imine (C=N–C) groups is 2. The molecule has 1 heterocycles. The van der Waals surface area contributed by atoms with Crippen molar-refractivity contribution in [3.05, 3.63) is 24.0 Å². The Morgan fingerprint density at radius 3 is 3.13 bits per heavy atom. The molecule has 1 unspecified atom stereocenters. The van der Waals surface area contributed by atoms with E-state index in [1.54, 1.807) is 25.6 Å². The van der Waals surface area contributed by atoms with Gasteiger partial charge in [0.25, 0.3) is 5.78 Å². The standard InChI is InChI=1S/C11H11N3O/c1-9(5-11(15)6-12)14-8-10-3-2-4-13-7-10/h2,4-5,7-8,10H,3H2,1H3/b9-5+,14-8?. The van der Waals surface area contributed by atoms with E-state index in [0.717, 1.165) is 6.42 Å². The molecule has 0 aromatic heterocycles. The lowest BCUT2D eigenvalue weighted by atomic mass is 10.1. The maximum atomic E-state index is 10.7. The molecule has 0 radical (unpaired) electrons. The number of ketones is 1. The second kappa shape index (κ2) is 5.66. The minimum Gasteiger partial charge on any atom is -0.278 e. The van der Waals surface area contributed by atoms with Crippen LogP contribution in [-0.2, 0) is 4.79 Å². The van der Waals surface area contributed by atoms with Crippen LogP contribution in [0.4, 0.5) is 0 Å². The van der Waals surface area contributed by atoms with Gasteiger partial charge in [0.2, 0.25) is 0 Å². The van der Waals surface area contributed by atoms with Gasteiger partial charge in [0.15, 0.2) is 0 Å². The lowest BCUT2D eigenvalue weighted by Crippen LogP contribution is -2.04. The Morgan fingerprint density at radius 2 is 2.53 bits per heavy atom. The molecule has 0 aromatic carbocycles. The van der Waals surface area contributed by atoms with Gasteiger partial charge in [0, 0.05) is 36.3 Å². The lowest BCUT2D eigenvalue weighted by Gasteiger charge is -2.04. The Morgan fingerprint density at radius 1 is 1.73 bits per heavy atom. The first-order chi connectivity index (χ1) is 7.22. The van der Waals surface area contributed by atoms with Crippen LogP contribution < -0.4 is 0 Å². The summed E-state index contributed by atoms with van der Waals surface area (Å²) < 4.78 is 0. The van der Waals surface area contributed by atoms with Crippen LogP contribution >= 0.6 is 0 Å². The van der Waals surface area contributed by atoms with Gasteiger partial charge in [0.05, 0.1) is 0 Å². The van der Waals surface area contributed by atoms with Crippen LogP contribution in [0.2, 0.25) is 0 Å². The van der Waals surface area contributed by atoms with E-state index in [9.17, 15) is 4.79 Å². The summed E-state index contributed by atoms with van der Waals surface area (Å²) in [5.74, 6) is -0.405. The van der Waals surface area contributed by atoms with E-state index in [1.165, 1.54) is 12.1 Å². The molecule has 0 fully saturated rings. The molecule has 1 aliphatic rings. The molecule has 15 heavy (non-hydrogen) atoms. The number of hydrogen-bond donors (Lipinski definition) is 0. The molecule has 76 valence electrons. The van der Waals surface area contributed by atoms with Gasteiger partial charge in [0.1, 0.15) is 6.07 Å². The predicted octanol–water partition coefficient (Wildman–Crippen LogP) is 1.66. The quantitative estimate of drug-likeness (QED) is 0.396. The summed E-state index contributed by atoms with van der Waals surface area (Å²) in [6.45, 7) is 1.68. The van der Waals surface area contributed by atoms with E-state index in [0.29, 0.717) is 5.70 Å². The molecule has 0 saturated heterocycles. The van der Waals surface area contributed by atoms with E-state index in [1.807, 2.05) is 6.08 Å². The smallest absolute Gasteiger partial charge is 0.256 e. The van der Waals surface area contributed by atoms with Crippen LogP contribution in [0, 0.1) is 17.2 Å². The van der Waals surface area contributed by atoms with Gasteiger partial charge >= 0.3 is 0 Å². The predicted molar refractivity (Wildman–Crippen MR) is 58.6 cm³/mol. The number of carbonyl (C=O) groups excluding carboxylic acids is 1. The van der Waals surface area contributed by atoms with Crippen molar-refractivity contribution in [3.63, 3.8) is 0 Å². The minimum atomic E-state index is -0.582. The van der Waals surface area contributed by atoms with Gasteiger partial charge in [-0.25, -0.2) is 0 Å². The van der Waals surface area contributed by atoms with Crippen LogP contribution in [0.1, 0.15) is 13.3 Å². The van der Waals surface area contributed by atoms with Crippen LogP contribution in [0.5, 0.6) is 0 Å². The Hall–Kier alpha value is -2.02. The fourth-order valence-corrected chi connectivity index (χ4v) is 1.07. The molecule has 0 bridgehead atoms. The lowest BCUT2D eigenvalue weighted by molar-refractivity contribution is -0.109. The molecule has 0 spiro atoms. The average molecular weight is 201 g/mol. The van der Waals surface area contributed by atoms with E-state index >= 15 is 0 Å².